The Morgan fingerprint density at radius 1 is 1.50 bits per heavy atom. The maximum absolute atomic E-state index is 10.7. The fraction of sp³-hybridized carbons (Fsp3) is 0.615. The minimum Gasteiger partial charge on any atom is -0.479 e. The van der Waals surface area contributed by atoms with Gasteiger partial charge in [0, 0.05) is 22.8 Å². The van der Waals surface area contributed by atoms with Crippen molar-refractivity contribution in [2.75, 3.05) is 6.54 Å². The fourth-order valence-electron chi connectivity index (χ4n) is 2.10. The molecule has 0 spiro atoms. The molecule has 0 aromatic carbocycles. The van der Waals surface area contributed by atoms with Gasteiger partial charge in [-0.05, 0) is 31.4 Å². The summed E-state index contributed by atoms with van der Waals surface area (Å²) in [5.74, 6) is -0.844. The van der Waals surface area contributed by atoms with Gasteiger partial charge in [0.2, 0.25) is 0 Å². The van der Waals surface area contributed by atoms with Crippen LogP contribution in [-0.2, 0) is 22.5 Å². The van der Waals surface area contributed by atoms with Gasteiger partial charge >= 0.3 is 5.97 Å². The molecule has 0 amide bonds. The topological polar surface area (TPSA) is 58.6 Å². The number of hydrogen-bond acceptors (Lipinski definition) is 4. The van der Waals surface area contributed by atoms with Crippen LogP contribution in [0.1, 0.15) is 29.5 Å². The van der Waals surface area contributed by atoms with Gasteiger partial charge in [-0.3, -0.25) is 0 Å². The van der Waals surface area contributed by atoms with E-state index in [9.17, 15) is 4.79 Å². The molecule has 2 unspecified atom stereocenters. The zero-order chi connectivity index (χ0) is 13.0. The van der Waals surface area contributed by atoms with Gasteiger partial charge in [-0.2, -0.15) is 0 Å². The standard InChI is InChI=1S/C13H19NO3S/c1-2-10-4-5-11(18-10)8-14-7-9-3-6-12(17-9)13(15)16/h4-5,9,12,14H,2-3,6-8H2,1H3,(H,15,16). The highest BCUT2D eigenvalue weighted by atomic mass is 32.1. The van der Waals surface area contributed by atoms with E-state index in [1.807, 2.05) is 11.3 Å². The second-order valence-electron chi connectivity index (χ2n) is 4.51. The first-order valence-electron chi connectivity index (χ1n) is 6.35. The van der Waals surface area contributed by atoms with Crippen LogP contribution in [0.4, 0.5) is 0 Å². The molecule has 2 N–H and O–H groups in total. The molecule has 5 heteroatoms. The largest absolute Gasteiger partial charge is 0.479 e. The molecule has 2 heterocycles. The summed E-state index contributed by atoms with van der Waals surface area (Å²) in [6.07, 6.45) is 1.97. The number of carboxylic acid groups (broad SMARTS) is 1. The quantitative estimate of drug-likeness (QED) is 0.829. The summed E-state index contributed by atoms with van der Waals surface area (Å²) in [7, 11) is 0. The zero-order valence-corrected chi connectivity index (χ0v) is 11.3. The molecule has 0 radical (unpaired) electrons. The maximum atomic E-state index is 10.7. The normalized spacial score (nSPS) is 23.4. The summed E-state index contributed by atoms with van der Waals surface area (Å²) in [5.41, 5.74) is 0. The molecule has 0 bridgehead atoms. The van der Waals surface area contributed by atoms with Crippen molar-refractivity contribution in [1.82, 2.24) is 5.32 Å². The third-order valence-corrected chi connectivity index (χ3v) is 4.35. The van der Waals surface area contributed by atoms with Crippen molar-refractivity contribution < 1.29 is 14.6 Å². The molecular weight excluding hydrogens is 250 g/mol. The lowest BCUT2D eigenvalue weighted by Gasteiger charge is -2.11. The van der Waals surface area contributed by atoms with E-state index >= 15 is 0 Å². The summed E-state index contributed by atoms with van der Waals surface area (Å²) in [6, 6.07) is 4.31. The van der Waals surface area contributed by atoms with Crippen molar-refractivity contribution in [1.29, 1.82) is 0 Å². The summed E-state index contributed by atoms with van der Waals surface area (Å²) in [4.78, 5) is 13.5. The third kappa shape index (κ3) is 3.54. The average molecular weight is 269 g/mol. The minimum atomic E-state index is -0.844. The maximum Gasteiger partial charge on any atom is 0.332 e. The highest BCUT2D eigenvalue weighted by Gasteiger charge is 2.29. The lowest BCUT2D eigenvalue weighted by Crippen LogP contribution is -2.28. The Labute approximate surface area is 111 Å². The first-order chi connectivity index (χ1) is 8.69. The monoisotopic (exact) mass is 269 g/mol. The third-order valence-electron chi connectivity index (χ3n) is 3.12. The van der Waals surface area contributed by atoms with Crippen LogP contribution in [0.15, 0.2) is 12.1 Å². The van der Waals surface area contributed by atoms with Gasteiger partial charge in [-0.15, -0.1) is 11.3 Å². The van der Waals surface area contributed by atoms with E-state index in [2.05, 4.69) is 24.4 Å². The van der Waals surface area contributed by atoms with Crippen LogP contribution >= 0.6 is 11.3 Å². The lowest BCUT2D eigenvalue weighted by molar-refractivity contribution is -0.149. The van der Waals surface area contributed by atoms with Crippen molar-refractivity contribution in [2.24, 2.45) is 0 Å². The Morgan fingerprint density at radius 3 is 2.89 bits per heavy atom. The van der Waals surface area contributed by atoms with Gasteiger partial charge in [0.05, 0.1) is 6.10 Å². The molecule has 1 aromatic heterocycles. The van der Waals surface area contributed by atoms with Gasteiger partial charge in [0.25, 0.3) is 0 Å². The molecule has 2 atom stereocenters. The predicted molar refractivity (Wildman–Crippen MR) is 70.9 cm³/mol. The van der Waals surface area contributed by atoms with Crippen molar-refractivity contribution in [3.8, 4) is 0 Å². The highest BCUT2D eigenvalue weighted by molar-refractivity contribution is 7.11. The Kier molecular flexibility index (Phi) is 4.74. The van der Waals surface area contributed by atoms with Crippen molar-refractivity contribution in [3.63, 3.8) is 0 Å². The number of aryl methyl sites for hydroxylation is 1. The number of ether oxygens (including phenoxy) is 1. The van der Waals surface area contributed by atoms with Gasteiger partial charge in [0.15, 0.2) is 6.10 Å². The molecule has 1 fully saturated rings. The van der Waals surface area contributed by atoms with Gasteiger partial charge in [-0.1, -0.05) is 6.92 Å². The van der Waals surface area contributed by atoms with E-state index < -0.39 is 12.1 Å². The van der Waals surface area contributed by atoms with Crippen molar-refractivity contribution in [3.05, 3.63) is 21.9 Å². The lowest BCUT2D eigenvalue weighted by atomic mass is 10.2. The second kappa shape index (κ2) is 6.31. The van der Waals surface area contributed by atoms with Crippen LogP contribution < -0.4 is 5.32 Å². The van der Waals surface area contributed by atoms with Crippen LogP contribution in [-0.4, -0.2) is 29.8 Å². The Bertz CT molecular complexity index is 405. The van der Waals surface area contributed by atoms with E-state index in [0.29, 0.717) is 6.42 Å². The summed E-state index contributed by atoms with van der Waals surface area (Å²) in [5, 5.41) is 12.2. The first-order valence-corrected chi connectivity index (χ1v) is 7.17. The number of nitrogens with one attached hydrogen (secondary N) is 1. The molecule has 1 aromatic rings. The number of hydrogen-bond donors (Lipinski definition) is 2. The van der Waals surface area contributed by atoms with Crippen LogP contribution in [0.25, 0.3) is 0 Å². The molecule has 100 valence electrons. The minimum absolute atomic E-state index is 0.0386. The predicted octanol–water partition coefficient (Wildman–Crippen LogP) is 2.03. The van der Waals surface area contributed by atoms with Gasteiger partial charge in [0.1, 0.15) is 0 Å². The number of rotatable bonds is 6. The van der Waals surface area contributed by atoms with E-state index in [1.165, 1.54) is 9.75 Å². The van der Waals surface area contributed by atoms with Crippen LogP contribution in [0.2, 0.25) is 0 Å². The van der Waals surface area contributed by atoms with Gasteiger partial charge < -0.3 is 15.2 Å². The smallest absolute Gasteiger partial charge is 0.332 e. The highest BCUT2D eigenvalue weighted by Crippen LogP contribution is 2.20. The molecule has 18 heavy (non-hydrogen) atoms. The second-order valence-corrected chi connectivity index (χ2v) is 5.77. The average Bonchev–Trinajstić information content (AvgIpc) is 2.97. The van der Waals surface area contributed by atoms with Crippen LogP contribution in [0.3, 0.4) is 0 Å². The Balaban J connectivity index is 1.68. The van der Waals surface area contributed by atoms with Crippen molar-refractivity contribution in [2.45, 2.75) is 44.9 Å². The van der Waals surface area contributed by atoms with Gasteiger partial charge in [-0.25, -0.2) is 4.79 Å². The number of carboxylic acids is 1. The van der Waals surface area contributed by atoms with E-state index in [-0.39, 0.29) is 6.10 Å². The molecule has 1 aliphatic heterocycles. The van der Waals surface area contributed by atoms with E-state index in [0.717, 1.165) is 25.9 Å². The first kappa shape index (κ1) is 13.5. The van der Waals surface area contributed by atoms with Crippen LogP contribution in [0, 0.1) is 0 Å². The fourth-order valence-corrected chi connectivity index (χ4v) is 3.03. The van der Waals surface area contributed by atoms with E-state index in [1.54, 1.807) is 0 Å². The molecule has 0 saturated carbocycles. The summed E-state index contributed by atoms with van der Waals surface area (Å²) < 4.78 is 5.43. The number of thiophene rings is 1. The number of carbonyl (C=O) groups is 1. The Hall–Kier alpha value is -0.910. The SMILES string of the molecule is CCc1ccc(CNCC2CCC(C(=O)O)O2)s1. The molecule has 0 aliphatic carbocycles. The zero-order valence-electron chi connectivity index (χ0n) is 10.5. The molecule has 1 aliphatic rings. The molecule has 1 saturated heterocycles. The Morgan fingerprint density at radius 2 is 2.28 bits per heavy atom. The molecule has 2 rings (SSSR count). The van der Waals surface area contributed by atoms with E-state index in [4.69, 9.17) is 9.84 Å². The van der Waals surface area contributed by atoms with Crippen LogP contribution in [0.5, 0.6) is 0 Å². The molecule has 4 nitrogen and oxygen atoms in total. The molecular formula is C13H19NO3S. The summed E-state index contributed by atoms with van der Waals surface area (Å²) >= 11 is 1.82. The van der Waals surface area contributed by atoms with Crippen molar-refractivity contribution >= 4 is 17.3 Å². The summed E-state index contributed by atoms with van der Waals surface area (Å²) in [6.45, 7) is 3.72. The number of aliphatic carboxylic acids is 1.